The molecule has 0 aliphatic carbocycles. The Bertz CT molecular complexity index is 2890. The summed E-state index contributed by atoms with van der Waals surface area (Å²) in [6.45, 7) is 11.8. The van der Waals surface area contributed by atoms with Crippen molar-refractivity contribution in [3.63, 3.8) is 0 Å². The topological polar surface area (TPSA) is 250 Å². The van der Waals surface area contributed by atoms with E-state index in [0.717, 1.165) is 55.0 Å². The fraction of sp³-hybridized carbons (Fsp3) is 0.300. The molecule has 0 fully saturated rings. The van der Waals surface area contributed by atoms with Gasteiger partial charge < -0.3 is 40.0 Å². The molecule has 0 bridgehead atoms. The maximum Gasteiger partial charge on any atom is 0.278 e. The third kappa shape index (κ3) is 8.57. The summed E-state index contributed by atoms with van der Waals surface area (Å²) in [5, 5.41) is 20.7. The van der Waals surface area contributed by atoms with Crippen LogP contribution in [0.2, 0.25) is 0 Å². The van der Waals surface area contributed by atoms with Crippen LogP contribution in [0.3, 0.4) is 0 Å². The molecule has 312 valence electrons. The number of hydrogen-bond acceptors (Lipinski definition) is 18. The van der Waals surface area contributed by atoms with Crippen molar-refractivity contribution >= 4 is 62.5 Å². The monoisotopic (exact) mass is 852 g/mol. The Kier molecular flexibility index (Phi) is 13.8. The van der Waals surface area contributed by atoms with Crippen LogP contribution < -0.4 is 40.0 Å². The molecule has 4 heterocycles. The number of amidine groups is 1. The molecule has 60 heavy (non-hydrogen) atoms. The number of aromatic nitrogens is 8. The van der Waals surface area contributed by atoms with Gasteiger partial charge in [0, 0.05) is 11.1 Å². The van der Waals surface area contributed by atoms with Crippen molar-refractivity contribution in [3.05, 3.63) is 66.7 Å². The third-order valence-electron chi connectivity index (χ3n) is 9.57. The van der Waals surface area contributed by atoms with E-state index < -0.39 is 0 Å². The van der Waals surface area contributed by atoms with E-state index in [4.69, 9.17) is 52.2 Å². The fourth-order valence-electron chi connectivity index (χ4n) is 6.08. The number of rotatable bonds is 8. The van der Waals surface area contributed by atoms with E-state index in [9.17, 15) is 5.26 Å². The second kappa shape index (κ2) is 18.7. The molecule has 7 rings (SSSR count). The molecule has 0 aliphatic rings. The molecule has 0 saturated carbocycles. The van der Waals surface area contributed by atoms with Gasteiger partial charge in [-0.25, -0.2) is 29.9 Å². The van der Waals surface area contributed by atoms with Gasteiger partial charge in [0.15, 0.2) is 9.79 Å². The minimum Gasteiger partial charge on any atom is -0.477 e. The predicted molar refractivity (Wildman–Crippen MR) is 232 cm³/mol. The zero-order chi connectivity index (χ0) is 44.0. The Morgan fingerprint density at radius 2 is 1.03 bits per heavy atom. The molecule has 7 aromatic rings. The van der Waals surface area contributed by atoms with Gasteiger partial charge in [-0.15, -0.1) is 0 Å². The van der Waals surface area contributed by atoms with Crippen LogP contribution in [0.15, 0.2) is 23.3 Å². The second-order valence-corrected chi connectivity index (χ2v) is 14.6. The lowest BCUT2D eigenvalue weighted by Gasteiger charge is -2.13. The van der Waals surface area contributed by atoms with Crippen LogP contribution in [-0.2, 0) is 0 Å². The van der Waals surface area contributed by atoms with E-state index in [2.05, 4.69) is 51.3 Å². The Labute approximate surface area is 354 Å². The third-order valence-corrected chi connectivity index (χ3v) is 10.7. The number of nitrogens with one attached hydrogen (secondary N) is 1. The molecule has 0 saturated heterocycles. The molecule has 5 N–H and O–H groups in total. The fourth-order valence-corrected chi connectivity index (χ4v) is 7.07. The highest BCUT2D eigenvalue weighted by Gasteiger charge is 2.20. The van der Waals surface area contributed by atoms with E-state index in [-0.39, 0.29) is 17.6 Å². The van der Waals surface area contributed by atoms with Gasteiger partial charge in [-0.2, -0.15) is 15.5 Å². The highest BCUT2D eigenvalue weighted by Crippen LogP contribution is 2.37. The smallest absolute Gasteiger partial charge is 0.278 e. The summed E-state index contributed by atoms with van der Waals surface area (Å²) in [7, 11) is 9.09. The molecular weight excluding hydrogens is 809 g/mol. The first-order chi connectivity index (χ1) is 28.7. The highest BCUT2D eigenvalue weighted by atomic mass is 32.1. The second-order valence-electron chi connectivity index (χ2n) is 13.0. The normalized spacial score (nSPS) is 10.9. The predicted octanol–water partition coefficient (Wildman–Crippen LogP) is 6.42. The molecule has 3 aromatic carbocycles. The Balaban J connectivity index is 0.000000172. The van der Waals surface area contributed by atoms with Crippen molar-refractivity contribution in [1.29, 1.82) is 5.26 Å². The van der Waals surface area contributed by atoms with Crippen molar-refractivity contribution in [1.82, 2.24) is 40.1 Å². The summed E-state index contributed by atoms with van der Waals surface area (Å²) >= 11 is 6.55. The maximum atomic E-state index is 9.24. The first kappa shape index (κ1) is 44.1. The highest BCUT2D eigenvalue weighted by molar-refractivity contribution is 7.73. The molecule has 0 unspecified atom stereocenters. The summed E-state index contributed by atoms with van der Waals surface area (Å²) in [4.78, 5) is 26.5. The van der Waals surface area contributed by atoms with Crippen molar-refractivity contribution < 1.29 is 28.4 Å². The summed E-state index contributed by atoms with van der Waals surface area (Å²) in [6, 6.07) is 7.95. The Hall–Kier alpha value is -6.98. The average molecular weight is 853 g/mol. The lowest BCUT2D eigenvalue weighted by molar-refractivity contribution is 0.334. The zero-order valence-electron chi connectivity index (χ0n) is 35.2. The van der Waals surface area contributed by atoms with E-state index >= 15 is 0 Å². The molecule has 4 aromatic heterocycles. The van der Waals surface area contributed by atoms with E-state index in [1.807, 2.05) is 59.7 Å². The Morgan fingerprint density at radius 3 is 1.47 bits per heavy atom. The van der Waals surface area contributed by atoms with Gasteiger partial charge in [-0.05, 0) is 105 Å². The Morgan fingerprint density at radius 1 is 0.633 bits per heavy atom. The molecule has 0 aliphatic heterocycles. The summed E-state index contributed by atoms with van der Waals surface area (Å²) in [5.41, 5.74) is 17.9. The minimum absolute atomic E-state index is 0.206. The first-order valence-electron chi connectivity index (χ1n) is 17.9. The number of hydrazone groups is 1. The SMILES string of the molecule is COc1nc2cc(C)c(C)c(-c3n[nH]c(=S)s3)c2nc1OC.COc1nc2cc(C)c(C)c(C#N)c2nc1OC.COc1nc2cc(C)c(C)c(C(N)=NN)c2nc1OC. The van der Waals surface area contributed by atoms with Gasteiger partial charge >= 0.3 is 0 Å². The van der Waals surface area contributed by atoms with Gasteiger partial charge in [-0.1, -0.05) is 11.3 Å². The molecule has 0 spiro atoms. The van der Waals surface area contributed by atoms with Crippen LogP contribution in [0, 0.1) is 56.8 Å². The minimum atomic E-state index is 0.206. The number of ether oxygens (including phenoxy) is 6. The van der Waals surface area contributed by atoms with Crippen molar-refractivity contribution in [3.8, 4) is 51.9 Å². The van der Waals surface area contributed by atoms with Crippen LogP contribution in [0.4, 0.5) is 0 Å². The average Bonchev–Trinajstić information content (AvgIpc) is 3.69. The molecular formula is C40H44N12O6S2. The quantitative estimate of drug-likeness (QED) is 0.0490. The number of methoxy groups -OCH3 is 6. The number of hydrogen-bond donors (Lipinski definition) is 3. The number of nitrogens with zero attached hydrogens (tertiary/aromatic N) is 9. The number of H-pyrrole nitrogens is 1. The number of fused-ring (bicyclic) bond motifs is 3. The van der Waals surface area contributed by atoms with E-state index in [1.165, 1.54) is 46.9 Å². The van der Waals surface area contributed by atoms with Crippen molar-refractivity contribution in [2.24, 2.45) is 16.7 Å². The van der Waals surface area contributed by atoms with Gasteiger partial charge in [0.25, 0.3) is 35.3 Å². The number of aryl methyl sites for hydroxylation is 3. The molecule has 0 amide bonds. The largest absolute Gasteiger partial charge is 0.477 e. The number of aromatic amines is 1. The summed E-state index contributed by atoms with van der Waals surface area (Å²) < 4.78 is 31.7. The van der Waals surface area contributed by atoms with Crippen LogP contribution in [0.5, 0.6) is 35.3 Å². The van der Waals surface area contributed by atoms with Crippen molar-refractivity contribution in [2.45, 2.75) is 41.5 Å². The zero-order valence-corrected chi connectivity index (χ0v) is 36.8. The maximum absolute atomic E-state index is 9.24. The van der Waals surface area contributed by atoms with Crippen LogP contribution in [0.25, 0.3) is 43.7 Å². The van der Waals surface area contributed by atoms with Gasteiger partial charge in [-0.3, -0.25) is 5.10 Å². The van der Waals surface area contributed by atoms with Crippen LogP contribution in [0.1, 0.15) is 44.5 Å². The van der Waals surface area contributed by atoms with Gasteiger partial charge in [0.05, 0.1) is 64.8 Å². The molecule has 18 nitrogen and oxygen atoms in total. The molecule has 0 radical (unpaired) electrons. The van der Waals surface area contributed by atoms with Crippen LogP contribution in [-0.4, -0.2) is 88.6 Å². The molecule has 20 heteroatoms. The lowest BCUT2D eigenvalue weighted by atomic mass is 10.0. The summed E-state index contributed by atoms with van der Waals surface area (Å²) in [6.07, 6.45) is 0. The first-order valence-corrected chi connectivity index (χ1v) is 19.1. The van der Waals surface area contributed by atoms with Gasteiger partial charge in [0.1, 0.15) is 27.6 Å². The van der Waals surface area contributed by atoms with Crippen LogP contribution >= 0.6 is 23.6 Å². The van der Waals surface area contributed by atoms with Crippen molar-refractivity contribution in [2.75, 3.05) is 42.7 Å². The standard InChI is InChI=1S/C14H14N4O2S2.C13H17N5O2.C13H13N3O2/c1-6-5-8-10(16-12(20-4)11(15-8)19-3)9(7(6)2)13-17-18-14(21)22-13;1-6-5-8-10(9(7(6)2)11(14)18-15)17-13(20-4)12(16-8)19-3;1-7-5-10-11(9(6-14)8(7)2)16-13(18-4)12(15-10)17-3/h5H,1-4H3,(H,18,21);5H,15H2,1-4H3,(H2,14,18);5H,1-4H3. The van der Waals surface area contributed by atoms with Gasteiger partial charge in [0.2, 0.25) is 0 Å². The molecule has 0 atom stereocenters. The number of nitrogens with two attached hydrogens (primary N) is 2. The van der Waals surface area contributed by atoms with E-state index in [0.29, 0.717) is 60.7 Å². The summed E-state index contributed by atoms with van der Waals surface area (Å²) in [5.74, 6) is 7.41. The lowest BCUT2D eigenvalue weighted by Crippen LogP contribution is -2.18. The number of nitriles is 1. The number of benzene rings is 3. The van der Waals surface area contributed by atoms with E-state index in [1.54, 1.807) is 7.11 Å².